The van der Waals surface area contributed by atoms with Crippen molar-refractivity contribution in [2.24, 2.45) is 0 Å². The Morgan fingerprint density at radius 3 is 2.45 bits per heavy atom. The molecule has 1 aromatic heterocycles. The lowest BCUT2D eigenvalue weighted by molar-refractivity contribution is 0.275. The zero-order valence-corrected chi connectivity index (χ0v) is 14.2. The molecule has 114 valence electrons. The second-order valence-electron chi connectivity index (χ2n) is 4.32. The molecule has 1 heterocycles. The van der Waals surface area contributed by atoms with E-state index in [1.54, 1.807) is 6.07 Å². The summed E-state index contributed by atoms with van der Waals surface area (Å²) in [5.41, 5.74) is 2.11. The molecule has 0 amide bonds. The Kier molecular flexibility index (Phi) is 6.09. The molecule has 0 atom stereocenters. The van der Waals surface area contributed by atoms with E-state index in [0.717, 1.165) is 16.5 Å². The molecular formula is C15H10Cl4N2O. The fraction of sp³-hybridized carbons (Fsp3) is 0.0667. The van der Waals surface area contributed by atoms with Gasteiger partial charge in [-0.15, -0.1) is 0 Å². The van der Waals surface area contributed by atoms with Gasteiger partial charge in [0.15, 0.2) is 0 Å². The number of carbonyl (C=O) groups excluding carboxylic acids is 1. The molecule has 0 radical (unpaired) electrons. The number of fused-ring (bicyclic) bond motifs is 1. The lowest BCUT2D eigenvalue weighted by Gasteiger charge is -2.06. The van der Waals surface area contributed by atoms with Crippen LogP contribution in [0.4, 0.5) is 4.79 Å². The standard InChI is InChI=1S/C14H10Cl2N2.CCl2O/c15-12-6-5-11(13(16)7-12)9-18-14-4-2-1-3-10(14)8-17-18;2-1(3)4/h1-8H,9H2;. The first-order valence-corrected chi connectivity index (χ1v) is 7.68. The van der Waals surface area contributed by atoms with E-state index >= 15 is 0 Å². The van der Waals surface area contributed by atoms with Crippen molar-refractivity contribution in [3.05, 3.63) is 64.3 Å². The minimum Gasteiger partial charge on any atom is -0.262 e. The molecular weight excluding hydrogens is 366 g/mol. The van der Waals surface area contributed by atoms with Crippen LogP contribution in [0.1, 0.15) is 5.56 Å². The Morgan fingerprint density at radius 1 is 1.09 bits per heavy atom. The van der Waals surface area contributed by atoms with E-state index in [1.165, 1.54) is 0 Å². The summed E-state index contributed by atoms with van der Waals surface area (Å²) >= 11 is 20.9. The summed E-state index contributed by atoms with van der Waals surface area (Å²) in [4.78, 5) is 8.98. The maximum atomic E-state index is 8.98. The molecule has 2 aromatic carbocycles. The van der Waals surface area contributed by atoms with E-state index < -0.39 is 4.70 Å². The quantitative estimate of drug-likeness (QED) is 0.516. The predicted molar refractivity (Wildman–Crippen MR) is 92.4 cm³/mol. The Hall–Kier alpha value is -1.26. The molecule has 0 fully saturated rings. The molecule has 0 aliphatic rings. The van der Waals surface area contributed by atoms with Crippen LogP contribution >= 0.6 is 46.4 Å². The molecule has 0 aliphatic heterocycles. The fourth-order valence-corrected chi connectivity index (χ4v) is 2.43. The second-order valence-corrected chi connectivity index (χ2v) is 6.05. The van der Waals surface area contributed by atoms with Gasteiger partial charge in [0, 0.05) is 15.4 Å². The number of carbonyl (C=O) groups is 1. The third-order valence-corrected chi connectivity index (χ3v) is 3.47. The van der Waals surface area contributed by atoms with Gasteiger partial charge in [-0.25, -0.2) is 0 Å². The molecule has 0 spiro atoms. The third kappa shape index (κ3) is 4.62. The zero-order valence-electron chi connectivity index (χ0n) is 11.1. The highest BCUT2D eigenvalue weighted by atomic mass is 35.5. The zero-order chi connectivity index (χ0) is 16.1. The summed E-state index contributed by atoms with van der Waals surface area (Å²) in [5.74, 6) is 0. The number of aromatic nitrogens is 2. The van der Waals surface area contributed by atoms with E-state index in [-0.39, 0.29) is 0 Å². The number of para-hydroxylation sites is 1. The number of benzene rings is 2. The summed E-state index contributed by atoms with van der Waals surface area (Å²) in [6, 6.07) is 13.6. The Labute approximate surface area is 147 Å². The lowest BCUT2D eigenvalue weighted by Crippen LogP contribution is -2.01. The van der Waals surface area contributed by atoms with Crippen molar-refractivity contribution in [1.29, 1.82) is 0 Å². The van der Waals surface area contributed by atoms with Crippen LogP contribution in [0.15, 0.2) is 48.7 Å². The second kappa shape index (κ2) is 7.84. The summed E-state index contributed by atoms with van der Waals surface area (Å²) in [6.45, 7) is 0.642. The molecule has 0 N–H and O–H groups in total. The van der Waals surface area contributed by atoms with Crippen LogP contribution in [0, 0.1) is 0 Å². The normalized spacial score (nSPS) is 10.2. The van der Waals surface area contributed by atoms with Crippen molar-refractivity contribution in [2.75, 3.05) is 0 Å². The third-order valence-electron chi connectivity index (χ3n) is 2.89. The molecule has 22 heavy (non-hydrogen) atoms. The Morgan fingerprint density at radius 2 is 1.77 bits per heavy atom. The largest absolute Gasteiger partial charge is 0.313 e. The van der Waals surface area contributed by atoms with Crippen LogP contribution in [0.3, 0.4) is 0 Å². The molecule has 0 unspecified atom stereocenters. The topological polar surface area (TPSA) is 34.9 Å². The van der Waals surface area contributed by atoms with E-state index in [0.29, 0.717) is 16.6 Å². The van der Waals surface area contributed by atoms with Gasteiger partial charge >= 0.3 is 4.70 Å². The smallest absolute Gasteiger partial charge is 0.262 e. The summed E-state index contributed by atoms with van der Waals surface area (Å²) < 4.78 is 1.05. The molecule has 0 saturated heterocycles. The first kappa shape index (κ1) is 17.1. The maximum Gasteiger partial charge on any atom is 0.313 e. The van der Waals surface area contributed by atoms with Crippen LogP contribution in [-0.4, -0.2) is 14.5 Å². The van der Waals surface area contributed by atoms with Gasteiger partial charge in [-0.3, -0.25) is 9.48 Å². The minimum absolute atomic E-state index is 0.642. The van der Waals surface area contributed by atoms with Gasteiger partial charge in [0.2, 0.25) is 0 Å². The first-order chi connectivity index (χ1) is 10.5. The van der Waals surface area contributed by atoms with Crippen molar-refractivity contribution in [3.63, 3.8) is 0 Å². The van der Waals surface area contributed by atoms with Crippen LogP contribution < -0.4 is 0 Å². The summed E-state index contributed by atoms with van der Waals surface area (Å²) in [5, 5.41) is 6.82. The molecule has 3 aromatic rings. The summed E-state index contributed by atoms with van der Waals surface area (Å²) in [7, 11) is 0. The fourth-order valence-electron chi connectivity index (χ4n) is 1.96. The molecule has 3 nitrogen and oxygen atoms in total. The van der Waals surface area contributed by atoms with Crippen LogP contribution in [-0.2, 0) is 6.54 Å². The van der Waals surface area contributed by atoms with E-state index in [2.05, 4.69) is 28.3 Å². The van der Waals surface area contributed by atoms with Gasteiger partial charge in [0.1, 0.15) is 0 Å². The van der Waals surface area contributed by atoms with Gasteiger partial charge in [-0.05, 0) is 47.0 Å². The van der Waals surface area contributed by atoms with Crippen LogP contribution in [0.25, 0.3) is 10.9 Å². The van der Waals surface area contributed by atoms with E-state index in [4.69, 9.17) is 28.0 Å². The molecule has 0 bridgehead atoms. The van der Waals surface area contributed by atoms with E-state index in [1.807, 2.05) is 47.3 Å². The van der Waals surface area contributed by atoms with Crippen molar-refractivity contribution >= 4 is 62.0 Å². The van der Waals surface area contributed by atoms with Crippen molar-refractivity contribution in [3.8, 4) is 0 Å². The van der Waals surface area contributed by atoms with Gasteiger partial charge in [0.05, 0.1) is 18.3 Å². The van der Waals surface area contributed by atoms with Gasteiger partial charge in [-0.1, -0.05) is 47.5 Å². The van der Waals surface area contributed by atoms with Gasteiger partial charge < -0.3 is 0 Å². The van der Waals surface area contributed by atoms with Crippen LogP contribution in [0.2, 0.25) is 10.0 Å². The molecule has 3 rings (SSSR count). The predicted octanol–water partition coefficient (Wildman–Crippen LogP) is 5.98. The summed E-state index contributed by atoms with van der Waals surface area (Å²) in [6.07, 6.45) is 1.86. The average Bonchev–Trinajstić information content (AvgIpc) is 2.85. The van der Waals surface area contributed by atoms with E-state index in [9.17, 15) is 0 Å². The number of nitrogens with zero attached hydrogens (tertiary/aromatic N) is 2. The molecule has 0 saturated carbocycles. The van der Waals surface area contributed by atoms with Crippen molar-refractivity contribution in [1.82, 2.24) is 9.78 Å². The maximum absolute atomic E-state index is 8.98. The lowest BCUT2D eigenvalue weighted by atomic mass is 10.2. The van der Waals surface area contributed by atoms with Gasteiger partial charge in [0.25, 0.3) is 0 Å². The SMILES string of the molecule is Clc1ccc(Cn2ncc3ccccc32)c(Cl)c1.O=C(Cl)Cl. The number of hydrogen-bond donors (Lipinski definition) is 0. The van der Waals surface area contributed by atoms with Crippen molar-refractivity contribution in [2.45, 2.75) is 6.54 Å². The molecule has 7 heteroatoms. The Balaban J connectivity index is 0.000000396. The first-order valence-electron chi connectivity index (χ1n) is 6.17. The Bertz CT molecular complexity index is 797. The minimum atomic E-state index is -0.889. The van der Waals surface area contributed by atoms with Crippen LogP contribution in [0.5, 0.6) is 0 Å². The number of rotatable bonds is 2. The number of halogens is 4. The average molecular weight is 376 g/mol. The van der Waals surface area contributed by atoms with Crippen molar-refractivity contribution < 1.29 is 4.79 Å². The highest BCUT2D eigenvalue weighted by Gasteiger charge is 2.06. The number of hydrogen-bond acceptors (Lipinski definition) is 2. The molecule has 0 aliphatic carbocycles. The van der Waals surface area contributed by atoms with Gasteiger partial charge in [-0.2, -0.15) is 5.10 Å². The highest BCUT2D eigenvalue weighted by Crippen LogP contribution is 2.23. The monoisotopic (exact) mass is 374 g/mol. The highest BCUT2D eigenvalue weighted by molar-refractivity contribution is 6.93.